The zero-order valence-electron chi connectivity index (χ0n) is 19.2. The van der Waals surface area contributed by atoms with Crippen molar-refractivity contribution in [2.45, 2.75) is 39.4 Å². The minimum atomic E-state index is -1.38. The molecule has 30 heavy (non-hydrogen) atoms. The van der Waals surface area contributed by atoms with Crippen LogP contribution >= 0.6 is 11.3 Å². The Morgan fingerprint density at radius 3 is 2.47 bits per heavy atom. The molecule has 3 aromatic carbocycles. The third-order valence-electron chi connectivity index (χ3n) is 5.98. The largest absolute Gasteiger partial charge is 0.255 e. The van der Waals surface area contributed by atoms with Crippen LogP contribution < -0.4 is 5.19 Å². The molecule has 5 rings (SSSR count). The molecule has 0 aliphatic heterocycles. The molecule has 2 heterocycles. The average molecular weight is 427 g/mol. The maximum Gasteiger partial charge on any atom is 0.0880 e. The normalized spacial score (nSPS) is 12.9. The van der Waals surface area contributed by atoms with Crippen LogP contribution in [-0.2, 0) is 0 Å². The van der Waals surface area contributed by atoms with Crippen molar-refractivity contribution in [3.63, 3.8) is 0 Å². The lowest BCUT2D eigenvalue weighted by atomic mass is 9.92. The highest BCUT2D eigenvalue weighted by atomic mass is 32.1. The molecule has 0 bridgehead atoms. The van der Waals surface area contributed by atoms with Crippen LogP contribution in [-0.4, -0.2) is 13.1 Å². The summed E-state index contributed by atoms with van der Waals surface area (Å²) in [6, 6.07) is 22.0. The van der Waals surface area contributed by atoms with Gasteiger partial charge in [-0.3, -0.25) is 4.98 Å². The predicted octanol–water partition coefficient (Wildman–Crippen LogP) is 7.94. The van der Waals surface area contributed by atoms with Gasteiger partial charge in [0.05, 0.1) is 19.8 Å². The summed E-state index contributed by atoms with van der Waals surface area (Å²) in [5, 5.41) is 6.40. The molecule has 0 spiro atoms. The molecular weight excluding hydrogens is 398 g/mol. The highest BCUT2D eigenvalue weighted by Gasteiger charge is 2.19. The average Bonchev–Trinajstić information content (AvgIpc) is 3.09. The Labute approximate surface area is 184 Å². The molecule has 5 aromatic rings. The first-order valence-electron chi connectivity index (χ1n) is 11.1. The second kappa shape index (κ2) is 7.04. The van der Waals surface area contributed by atoms with E-state index in [1.807, 2.05) is 17.4 Å². The summed E-state index contributed by atoms with van der Waals surface area (Å²) < 4.78 is 10.9. The number of aromatic nitrogens is 1. The summed E-state index contributed by atoms with van der Waals surface area (Å²) in [5.74, 6) is 0.418. The smallest absolute Gasteiger partial charge is 0.0880 e. The Morgan fingerprint density at radius 1 is 0.900 bits per heavy atom. The van der Waals surface area contributed by atoms with E-state index in [1.165, 1.54) is 36.3 Å². The van der Waals surface area contributed by atoms with E-state index in [0.717, 1.165) is 16.6 Å². The molecular formula is C27H27NSSi. The van der Waals surface area contributed by atoms with Crippen LogP contribution in [0, 0.1) is 0 Å². The van der Waals surface area contributed by atoms with E-state index < -0.39 is 8.07 Å². The van der Waals surface area contributed by atoms with Crippen molar-refractivity contribution in [2.75, 3.05) is 0 Å². The van der Waals surface area contributed by atoms with E-state index in [-0.39, 0.29) is 0 Å². The first kappa shape index (κ1) is 18.3. The molecule has 0 unspecified atom stereocenters. The first-order chi connectivity index (χ1) is 14.7. The van der Waals surface area contributed by atoms with Crippen LogP contribution in [0.4, 0.5) is 0 Å². The molecule has 0 aliphatic carbocycles. The fourth-order valence-electron chi connectivity index (χ4n) is 4.26. The molecule has 0 amide bonds. The monoisotopic (exact) mass is 426 g/mol. The van der Waals surface area contributed by atoms with E-state index in [4.69, 9.17) is 6.35 Å². The maximum atomic E-state index is 8.42. The first-order valence-corrected chi connectivity index (χ1v) is 14.9. The standard InChI is InChI=1S/C27H27NSSi/c1-17(2)24-15-19(14-18-8-6-7-9-21(18)24)26-27-23(12-13-28-26)22-11-10-20(30(3,4)5)16-25(22)29-27/h6-17H,1-5H3/i13D. The Morgan fingerprint density at radius 2 is 1.70 bits per heavy atom. The zero-order valence-corrected chi connectivity index (χ0v) is 20.0. The Kier molecular flexibility index (Phi) is 4.29. The molecule has 150 valence electrons. The van der Waals surface area contributed by atoms with Crippen molar-refractivity contribution in [1.82, 2.24) is 4.98 Å². The zero-order chi connectivity index (χ0) is 21.9. The number of thiophene rings is 1. The maximum absolute atomic E-state index is 8.42. The molecule has 0 saturated carbocycles. The number of hydrogen-bond acceptors (Lipinski definition) is 2. The van der Waals surface area contributed by atoms with E-state index in [0.29, 0.717) is 12.1 Å². The Balaban J connectivity index is 1.83. The number of nitrogens with zero attached hydrogens (tertiary/aromatic N) is 1. The number of fused-ring (bicyclic) bond motifs is 4. The lowest BCUT2D eigenvalue weighted by Crippen LogP contribution is -2.37. The summed E-state index contributed by atoms with van der Waals surface area (Å²) in [6.45, 7) is 11.6. The van der Waals surface area contributed by atoms with E-state index >= 15 is 0 Å². The quantitative estimate of drug-likeness (QED) is 0.267. The molecule has 1 nitrogen and oxygen atoms in total. The second-order valence-corrected chi connectivity index (χ2v) is 15.6. The van der Waals surface area contributed by atoms with Crippen LogP contribution in [0.1, 0.15) is 26.7 Å². The van der Waals surface area contributed by atoms with Gasteiger partial charge >= 0.3 is 0 Å². The fourth-order valence-corrected chi connectivity index (χ4v) is 6.76. The lowest BCUT2D eigenvalue weighted by molar-refractivity contribution is 0.876. The molecule has 0 aliphatic rings. The van der Waals surface area contributed by atoms with Crippen LogP contribution in [0.15, 0.2) is 66.8 Å². The molecule has 0 radical (unpaired) electrons. The highest BCUT2D eigenvalue weighted by molar-refractivity contribution is 7.26. The predicted molar refractivity (Wildman–Crippen MR) is 137 cm³/mol. The fraction of sp³-hybridized carbons (Fsp3) is 0.222. The van der Waals surface area contributed by atoms with Crippen LogP contribution in [0.3, 0.4) is 0 Å². The van der Waals surface area contributed by atoms with Crippen molar-refractivity contribution >= 4 is 55.5 Å². The van der Waals surface area contributed by atoms with Gasteiger partial charge in [0.1, 0.15) is 0 Å². The molecule has 3 heteroatoms. The summed E-state index contributed by atoms with van der Waals surface area (Å²) in [5.41, 5.74) is 3.38. The van der Waals surface area contributed by atoms with Gasteiger partial charge < -0.3 is 0 Å². The number of benzene rings is 3. The lowest BCUT2D eigenvalue weighted by Gasteiger charge is -2.16. The number of hydrogen-bond donors (Lipinski definition) is 0. The van der Waals surface area contributed by atoms with Gasteiger partial charge in [-0.1, -0.05) is 75.1 Å². The van der Waals surface area contributed by atoms with Crippen molar-refractivity contribution < 1.29 is 1.37 Å². The third-order valence-corrected chi connectivity index (χ3v) is 9.20. The van der Waals surface area contributed by atoms with E-state index in [9.17, 15) is 0 Å². The van der Waals surface area contributed by atoms with Gasteiger partial charge in [-0.15, -0.1) is 11.3 Å². The van der Waals surface area contributed by atoms with Crippen molar-refractivity contribution in [1.29, 1.82) is 0 Å². The van der Waals surface area contributed by atoms with Gasteiger partial charge in [0.15, 0.2) is 0 Å². The third kappa shape index (κ3) is 3.17. The van der Waals surface area contributed by atoms with Crippen molar-refractivity contribution in [3.8, 4) is 11.3 Å². The second-order valence-electron chi connectivity index (χ2n) is 9.48. The SMILES string of the molecule is [2H]c1cc2c(sc3cc([Si](C)(C)C)ccc32)c(-c2cc(C(C)C)c3ccccc3c2)n1. The highest BCUT2D eigenvalue weighted by Crippen LogP contribution is 2.40. The molecule has 0 fully saturated rings. The van der Waals surface area contributed by atoms with Gasteiger partial charge in [0.25, 0.3) is 0 Å². The number of rotatable bonds is 3. The molecule has 0 atom stereocenters. The minimum Gasteiger partial charge on any atom is -0.255 e. The summed E-state index contributed by atoms with van der Waals surface area (Å²) in [7, 11) is -1.38. The summed E-state index contributed by atoms with van der Waals surface area (Å²) >= 11 is 1.82. The summed E-state index contributed by atoms with van der Waals surface area (Å²) in [4.78, 5) is 4.73. The van der Waals surface area contributed by atoms with Gasteiger partial charge in [0, 0.05) is 27.2 Å². The number of pyridine rings is 1. The van der Waals surface area contributed by atoms with Crippen molar-refractivity contribution in [2.24, 2.45) is 0 Å². The van der Waals surface area contributed by atoms with E-state index in [1.54, 1.807) is 0 Å². The molecule has 0 saturated heterocycles. The van der Waals surface area contributed by atoms with Gasteiger partial charge in [-0.2, -0.15) is 0 Å². The topological polar surface area (TPSA) is 12.9 Å². The Hall–Kier alpha value is -2.49. The van der Waals surface area contributed by atoms with E-state index in [2.05, 4.69) is 88.1 Å². The van der Waals surface area contributed by atoms with Crippen molar-refractivity contribution in [3.05, 3.63) is 72.4 Å². The van der Waals surface area contributed by atoms with Crippen LogP contribution in [0.5, 0.6) is 0 Å². The molecule has 0 N–H and O–H groups in total. The molecule has 2 aromatic heterocycles. The van der Waals surface area contributed by atoms with Gasteiger partial charge in [0.2, 0.25) is 0 Å². The van der Waals surface area contributed by atoms with Gasteiger partial charge in [-0.25, -0.2) is 0 Å². The van der Waals surface area contributed by atoms with Crippen LogP contribution in [0.25, 0.3) is 42.2 Å². The van der Waals surface area contributed by atoms with Gasteiger partial charge in [-0.05, 0) is 46.5 Å². The minimum absolute atomic E-state index is 0.329. The summed E-state index contributed by atoms with van der Waals surface area (Å²) in [6.07, 6.45) is 0.329. The van der Waals surface area contributed by atoms with Crippen LogP contribution in [0.2, 0.25) is 19.6 Å². The Bertz CT molecular complexity index is 1460.